The van der Waals surface area contributed by atoms with Crippen molar-refractivity contribution in [1.29, 1.82) is 0 Å². The van der Waals surface area contributed by atoms with Gasteiger partial charge in [-0.05, 0) is 67.0 Å². The van der Waals surface area contributed by atoms with E-state index in [1.54, 1.807) is 9.47 Å². The molecule has 0 aliphatic carbocycles. The van der Waals surface area contributed by atoms with Crippen molar-refractivity contribution in [2.75, 3.05) is 25.6 Å². The fourth-order valence-corrected chi connectivity index (χ4v) is 4.55. The molecule has 36 heavy (non-hydrogen) atoms. The van der Waals surface area contributed by atoms with E-state index in [4.69, 9.17) is 19.9 Å². The molecule has 12 heteroatoms. The standard InChI is InChI=1S/C24H30FIN6O4/c1-13(2)11-31(23(33)36-24(3,4)5)6-7-32-18(28-19-20(27)29-22(25)30-21(19)32)9-14-8-16-17(10-15(14)26)35-12-34-16/h8,10,13H,6-7,9,11-12H2,1-5H3,(H2,27,29,30). The van der Waals surface area contributed by atoms with Gasteiger partial charge in [0.25, 0.3) is 0 Å². The molecule has 194 valence electrons. The summed E-state index contributed by atoms with van der Waals surface area (Å²) in [4.78, 5) is 26.8. The van der Waals surface area contributed by atoms with Crippen LogP contribution in [-0.2, 0) is 17.7 Å². The number of aromatic nitrogens is 4. The number of hydrogen-bond acceptors (Lipinski definition) is 8. The molecular weight excluding hydrogens is 582 g/mol. The third kappa shape index (κ3) is 5.90. The van der Waals surface area contributed by atoms with Gasteiger partial charge in [0.2, 0.25) is 6.79 Å². The number of carbonyl (C=O) groups is 1. The number of hydrogen-bond donors (Lipinski definition) is 1. The second-order valence-electron chi connectivity index (χ2n) is 10.0. The summed E-state index contributed by atoms with van der Waals surface area (Å²) < 4.78 is 33.5. The number of nitrogens with two attached hydrogens (primary N) is 1. The molecule has 0 unspecified atom stereocenters. The Hall–Kier alpha value is -2.90. The first-order valence-electron chi connectivity index (χ1n) is 11.7. The zero-order chi connectivity index (χ0) is 26.2. The smallest absolute Gasteiger partial charge is 0.410 e. The van der Waals surface area contributed by atoms with Crippen LogP contribution in [0, 0.1) is 15.6 Å². The first-order valence-corrected chi connectivity index (χ1v) is 12.7. The van der Waals surface area contributed by atoms with E-state index in [2.05, 4.69) is 37.5 Å². The van der Waals surface area contributed by atoms with Crippen LogP contribution in [0.3, 0.4) is 0 Å². The van der Waals surface area contributed by atoms with E-state index in [1.807, 2.05) is 46.8 Å². The topological polar surface area (TPSA) is 118 Å². The quantitative estimate of drug-likeness (QED) is 0.309. The van der Waals surface area contributed by atoms with Crippen molar-refractivity contribution in [3.05, 3.63) is 33.2 Å². The van der Waals surface area contributed by atoms with Crippen LogP contribution >= 0.6 is 22.6 Å². The van der Waals surface area contributed by atoms with Gasteiger partial charge in [0.05, 0.1) is 0 Å². The summed E-state index contributed by atoms with van der Waals surface area (Å²) >= 11 is 2.23. The molecule has 3 aromatic rings. The summed E-state index contributed by atoms with van der Waals surface area (Å²) in [5, 5.41) is 0. The molecule has 1 amide bonds. The molecule has 0 spiro atoms. The summed E-state index contributed by atoms with van der Waals surface area (Å²) in [6, 6.07) is 3.82. The number of benzene rings is 1. The molecule has 0 atom stereocenters. The minimum Gasteiger partial charge on any atom is -0.454 e. The Balaban J connectivity index is 1.69. The van der Waals surface area contributed by atoms with Crippen LogP contribution in [0.2, 0.25) is 0 Å². The molecule has 0 fully saturated rings. The zero-order valence-electron chi connectivity index (χ0n) is 21.0. The second kappa shape index (κ2) is 10.2. The van der Waals surface area contributed by atoms with Crippen molar-refractivity contribution in [2.24, 2.45) is 5.92 Å². The molecule has 3 heterocycles. The minimum atomic E-state index is -0.934. The van der Waals surface area contributed by atoms with E-state index in [-0.39, 0.29) is 24.2 Å². The lowest BCUT2D eigenvalue weighted by Gasteiger charge is -2.29. The van der Waals surface area contributed by atoms with E-state index in [1.165, 1.54) is 0 Å². The number of rotatable bonds is 7. The third-order valence-corrected chi connectivity index (χ3v) is 6.40. The number of halogens is 2. The number of anilines is 1. The third-order valence-electron chi connectivity index (χ3n) is 5.39. The molecule has 0 saturated carbocycles. The number of fused-ring (bicyclic) bond motifs is 2. The highest BCUT2D eigenvalue weighted by atomic mass is 127. The Kier molecular flexibility index (Phi) is 7.43. The van der Waals surface area contributed by atoms with E-state index < -0.39 is 17.8 Å². The molecule has 1 aliphatic rings. The van der Waals surface area contributed by atoms with Gasteiger partial charge in [0.1, 0.15) is 11.4 Å². The Labute approximate surface area is 222 Å². The summed E-state index contributed by atoms with van der Waals surface area (Å²) in [6.45, 7) is 10.8. The monoisotopic (exact) mass is 612 g/mol. The maximum Gasteiger partial charge on any atom is 0.410 e. The van der Waals surface area contributed by atoms with Crippen molar-refractivity contribution in [1.82, 2.24) is 24.4 Å². The maximum atomic E-state index is 14.2. The first-order chi connectivity index (χ1) is 16.9. The van der Waals surface area contributed by atoms with E-state index >= 15 is 0 Å². The zero-order valence-corrected chi connectivity index (χ0v) is 23.1. The van der Waals surface area contributed by atoms with Crippen molar-refractivity contribution >= 4 is 45.7 Å². The van der Waals surface area contributed by atoms with Gasteiger partial charge in [-0.1, -0.05) is 13.8 Å². The average molecular weight is 612 g/mol. The number of carbonyl (C=O) groups excluding carboxylic acids is 1. The molecule has 1 aromatic carbocycles. The first kappa shape index (κ1) is 26.2. The maximum absolute atomic E-state index is 14.2. The summed E-state index contributed by atoms with van der Waals surface area (Å²) in [5.74, 6) is 2.15. The second-order valence-corrected chi connectivity index (χ2v) is 11.2. The van der Waals surface area contributed by atoms with Gasteiger partial charge >= 0.3 is 12.2 Å². The number of imidazole rings is 1. The van der Waals surface area contributed by atoms with E-state index in [0.29, 0.717) is 48.9 Å². The average Bonchev–Trinajstić information content (AvgIpc) is 3.34. The van der Waals surface area contributed by atoms with Crippen molar-refractivity contribution in [3.8, 4) is 11.5 Å². The molecule has 0 saturated heterocycles. The highest BCUT2D eigenvalue weighted by Gasteiger charge is 2.25. The van der Waals surface area contributed by atoms with Gasteiger partial charge in [-0.15, -0.1) is 0 Å². The van der Waals surface area contributed by atoms with Crippen LogP contribution in [0.4, 0.5) is 15.0 Å². The minimum absolute atomic E-state index is 0.0379. The molecule has 2 N–H and O–H groups in total. The molecule has 4 rings (SSSR count). The van der Waals surface area contributed by atoms with Crippen LogP contribution in [0.1, 0.15) is 46.0 Å². The molecular formula is C24H30FIN6O4. The van der Waals surface area contributed by atoms with Crippen LogP contribution in [-0.4, -0.2) is 56.0 Å². The lowest BCUT2D eigenvalue weighted by molar-refractivity contribution is 0.0222. The number of nitrogens with zero attached hydrogens (tertiary/aromatic N) is 5. The number of nitrogen functional groups attached to an aromatic ring is 1. The Morgan fingerprint density at radius 2 is 1.94 bits per heavy atom. The largest absolute Gasteiger partial charge is 0.454 e. The lowest BCUT2D eigenvalue weighted by atomic mass is 10.1. The van der Waals surface area contributed by atoms with Gasteiger partial charge in [-0.3, -0.25) is 0 Å². The summed E-state index contributed by atoms with van der Waals surface area (Å²) in [7, 11) is 0. The molecule has 1 aliphatic heterocycles. The highest BCUT2D eigenvalue weighted by molar-refractivity contribution is 14.1. The summed E-state index contributed by atoms with van der Waals surface area (Å²) in [5.41, 5.74) is 6.91. The number of ether oxygens (including phenoxy) is 3. The van der Waals surface area contributed by atoms with Crippen LogP contribution in [0.5, 0.6) is 11.5 Å². The fourth-order valence-electron chi connectivity index (χ4n) is 3.92. The normalized spacial score (nSPS) is 13.0. The van der Waals surface area contributed by atoms with E-state index in [0.717, 1.165) is 9.13 Å². The lowest BCUT2D eigenvalue weighted by Crippen LogP contribution is -2.40. The van der Waals surface area contributed by atoms with Crippen molar-refractivity contribution in [2.45, 2.75) is 53.2 Å². The Bertz CT molecular complexity index is 1290. The predicted molar refractivity (Wildman–Crippen MR) is 140 cm³/mol. The van der Waals surface area contributed by atoms with Gasteiger partial charge in [-0.2, -0.15) is 14.4 Å². The van der Waals surface area contributed by atoms with Crippen molar-refractivity contribution < 1.29 is 23.4 Å². The highest BCUT2D eigenvalue weighted by Crippen LogP contribution is 2.36. The van der Waals surface area contributed by atoms with Crippen LogP contribution in [0.25, 0.3) is 11.2 Å². The van der Waals surface area contributed by atoms with Crippen LogP contribution in [0.15, 0.2) is 12.1 Å². The molecule has 0 bridgehead atoms. The van der Waals surface area contributed by atoms with Gasteiger partial charge in [0, 0.05) is 29.6 Å². The van der Waals surface area contributed by atoms with Gasteiger partial charge in [-0.25, -0.2) is 9.78 Å². The number of amides is 1. The van der Waals surface area contributed by atoms with Gasteiger partial charge in [0.15, 0.2) is 28.5 Å². The Morgan fingerprint density at radius 1 is 1.25 bits per heavy atom. The predicted octanol–water partition coefficient (Wildman–Crippen LogP) is 4.36. The van der Waals surface area contributed by atoms with Crippen LogP contribution < -0.4 is 15.2 Å². The summed E-state index contributed by atoms with van der Waals surface area (Å²) in [6.07, 6.45) is -0.937. The molecule has 10 nitrogen and oxygen atoms in total. The Morgan fingerprint density at radius 3 is 2.61 bits per heavy atom. The van der Waals surface area contributed by atoms with E-state index in [9.17, 15) is 9.18 Å². The van der Waals surface area contributed by atoms with Crippen molar-refractivity contribution in [3.63, 3.8) is 0 Å². The molecule has 2 aromatic heterocycles. The SMILES string of the molecule is CC(C)CN(CCn1c(Cc2cc3c(cc2I)OCO3)nc2c(N)nc(F)nc21)C(=O)OC(C)(C)C. The fraction of sp³-hybridized carbons (Fsp3) is 0.500. The molecule has 0 radical (unpaired) electrons. The van der Waals surface area contributed by atoms with Gasteiger partial charge < -0.3 is 29.4 Å².